The maximum absolute atomic E-state index is 12.6. The minimum absolute atomic E-state index is 0.0356. The Labute approximate surface area is 134 Å². The van der Waals surface area contributed by atoms with Crippen molar-refractivity contribution < 1.29 is 4.79 Å². The van der Waals surface area contributed by atoms with E-state index in [0.717, 1.165) is 24.8 Å². The largest absolute Gasteiger partial charge is 0.322 e. The van der Waals surface area contributed by atoms with Crippen LogP contribution in [0.5, 0.6) is 0 Å². The molecule has 1 aliphatic carbocycles. The highest BCUT2D eigenvalue weighted by Gasteiger charge is 2.39. The van der Waals surface area contributed by atoms with Gasteiger partial charge in [-0.1, -0.05) is 12.5 Å². The summed E-state index contributed by atoms with van der Waals surface area (Å²) in [5.74, 6) is 0.685. The minimum Gasteiger partial charge on any atom is -0.321 e. The van der Waals surface area contributed by atoms with Gasteiger partial charge in [0.15, 0.2) is 0 Å². The SMILES string of the molecule is Cn1ccc2ccc(NC(=O)N3CCC4CCCC43)cc2c1=O. The zero-order valence-electron chi connectivity index (χ0n) is 13.3. The van der Waals surface area contributed by atoms with Crippen molar-refractivity contribution in [1.29, 1.82) is 0 Å². The van der Waals surface area contributed by atoms with E-state index in [1.807, 2.05) is 23.1 Å². The van der Waals surface area contributed by atoms with Crippen LogP contribution in [0.15, 0.2) is 35.3 Å². The lowest BCUT2D eigenvalue weighted by molar-refractivity contribution is 0.203. The van der Waals surface area contributed by atoms with E-state index < -0.39 is 0 Å². The van der Waals surface area contributed by atoms with E-state index in [4.69, 9.17) is 0 Å². The Morgan fingerprint density at radius 1 is 1.22 bits per heavy atom. The van der Waals surface area contributed by atoms with Crippen LogP contribution in [-0.4, -0.2) is 28.1 Å². The van der Waals surface area contributed by atoms with Crippen molar-refractivity contribution in [2.75, 3.05) is 11.9 Å². The summed E-state index contributed by atoms with van der Waals surface area (Å²) in [5.41, 5.74) is 0.642. The van der Waals surface area contributed by atoms with Crippen molar-refractivity contribution in [2.45, 2.75) is 31.7 Å². The van der Waals surface area contributed by atoms with Crippen molar-refractivity contribution in [2.24, 2.45) is 13.0 Å². The number of anilines is 1. The summed E-state index contributed by atoms with van der Waals surface area (Å²) in [6.07, 6.45) is 6.48. The molecule has 120 valence electrons. The van der Waals surface area contributed by atoms with Crippen molar-refractivity contribution >= 4 is 22.5 Å². The lowest BCUT2D eigenvalue weighted by Gasteiger charge is -2.24. The molecule has 1 saturated carbocycles. The molecule has 1 aliphatic heterocycles. The molecule has 1 N–H and O–H groups in total. The number of pyridine rings is 1. The number of likely N-dealkylation sites (tertiary alicyclic amines) is 1. The minimum atomic E-state index is -0.0457. The van der Waals surface area contributed by atoms with Gasteiger partial charge in [0.2, 0.25) is 0 Å². The molecule has 1 saturated heterocycles. The average molecular weight is 311 g/mol. The Morgan fingerprint density at radius 3 is 2.96 bits per heavy atom. The topological polar surface area (TPSA) is 54.3 Å². The third kappa shape index (κ3) is 2.40. The Hall–Kier alpha value is -2.30. The number of urea groups is 1. The first-order valence-electron chi connectivity index (χ1n) is 8.30. The Kier molecular flexibility index (Phi) is 3.36. The van der Waals surface area contributed by atoms with Crippen LogP contribution in [-0.2, 0) is 7.05 Å². The normalized spacial score (nSPS) is 23.3. The molecule has 5 heteroatoms. The number of fused-ring (bicyclic) bond motifs is 2. The van der Waals surface area contributed by atoms with Crippen LogP contribution in [0.3, 0.4) is 0 Å². The first-order valence-corrected chi connectivity index (χ1v) is 8.30. The van der Waals surface area contributed by atoms with Gasteiger partial charge in [0.1, 0.15) is 0 Å². The average Bonchev–Trinajstić information content (AvgIpc) is 3.14. The van der Waals surface area contributed by atoms with Crippen LogP contribution in [0, 0.1) is 5.92 Å². The molecule has 2 aliphatic rings. The van der Waals surface area contributed by atoms with Gasteiger partial charge >= 0.3 is 6.03 Å². The second-order valence-electron chi connectivity index (χ2n) is 6.70. The van der Waals surface area contributed by atoms with Gasteiger partial charge in [-0.15, -0.1) is 0 Å². The molecule has 4 rings (SSSR count). The van der Waals surface area contributed by atoms with Gasteiger partial charge in [-0.05, 0) is 48.8 Å². The summed E-state index contributed by atoms with van der Waals surface area (Å²) in [4.78, 5) is 26.8. The molecule has 5 nitrogen and oxygen atoms in total. The molecule has 0 radical (unpaired) electrons. The number of nitrogens with one attached hydrogen (secondary N) is 1. The molecule has 2 unspecified atom stereocenters. The van der Waals surface area contributed by atoms with Crippen molar-refractivity contribution in [3.63, 3.8) is 0 Å². The monoisotopic (exact) mass is 311 g/mol. The number of hydrogen-bond acceptors (Lipinski definition) is 2. The van der Waals surface area contributed by atoms with Gasteiger partial charge < -0.3 is 14.8 Å². The van der Waals surface area contributed by atoms with E-state index in [2.05, 4.69) is 5.32 Å². The number of rotatable bonds is 1. The van der Waals surface area contributed by atoms with E-state index in [1.165, 1.54) is 12.8 Å². The van der Waals surface area contributed by atoms with E-state index in [1.54, 1.807) is 23.9 Å². The predicted molar refractivity (Wildman–Crippen MR) is 90.7 cm³/mol. The Balaban J connectivity index is 1.59. The van der Waals surface area contributed by atoms with Gasteiger partial charge in [-0.25, -0.2) is 4.79 Å². The molecule has 23 heavy (non-hydrogen) atoms. The van der Waals surface area contributed by atoms with Gasteiger partial charge in [0.05, 0.1) is 0 Å². The number of hydrogen-bond donors (Lipinski definition) is 1. The van der Waals surface area contributed by atoms with Crippen molar-refractivity contribution in [3.8, 4) is 0 Å². The van der Waals surface area contributed by atoms with Gasteiger partial charge in [0.25, 0.3) is 5.56 Å². The first kappa shape index (κ1) is 14.3. The summed E-state index contributed by atoms with van der Waals surface area (Å²) in [6, 6.07) is 7.80. The summed E-state index contributed by atoms with van der Waals surface area (Å²) in [7, 11) is 1.73. The predicted octanol–water partition coefficient (Wildman–Crippen LogP) is 2.94. The number of aryl methyl sites for hydroxylation is 1. The number of benzene rings is 1. The molecule has 1 aromatic carbocycles. The fraction of sp³-hybridized carbons (Fsp3) is 0.444. The molecule has 2 aromatic rings. The van der Waals surface area contributed by atoms with E-state index >= 15 is 0 Å². The standard InChI is InChI=1S/C18H21N3O2/c1-20-9-7-12-5-6-14(11-15(12)17(20)22)19-18(23)21-10-8-13-3-2-4-16(13)21/h5-7,9,11,13,16H,2-4,8,10H2,1H3,(H,19,23). The zero-order chi connectivity index (χ0) is 16.0. The summed E-state index contributed by atoms with van der Waals surface area (Å²) in [6.45, 7) is 0.844. The van der Waals surface area contributed by atoms with Crippen LogP contribution in [0.4, 0.5) is 10.5 Å². The fourth-order valence-electron chi connectivity index (χ4n) is 4.10. The van der Waals surface area contributed by atoms with E-state index in [0.29, 0.717) is 23.0 Å². The molecule has 2 atom stereocenters. The maximum atomic E-state index is 12.6. The molecule has 0 bridgehead atoms. The van der Waals surface area contributed by atoms with Gasteiger partial charge in [-0.2, -0.15) is 0 Å². The van der Waals surface area contributed by atoms with Crippen molar-refractivity contribution in [1.82, 2.24) is 9.47 Å². The highest BCUT2D eigenvalue weighted by Crippen LogP contribution is 2.37. The van der Waals surface area contributed by atoms with Crippen molar-refractivity contribution in [3.05, 3.63) is 40.8 Å². The Morgan fingerprint density at radius 2 is 2.09 bits per heavy atom. The van der Waals surface area contributed by atoms with E-state index in [9.17, 15) is 9.59 Å². The van der Waals surface area contributed by atoms with Crippen LogP contribution >= 0.6 is 0 Å². The molecule has 2 heterocycles. The van der Waals surface area contributed by atoms with Crippen LogP contribution in [0.1, 0.15) is 25.7 Å². The lowest BCUT2D eigenvalue weighted by Crippen LogP contribution is -2.39. The summed E-state index contributed by atoms with van der Waals surface area (Å²) >= 11 is 0. The first-order chi connectivity index (χ1) is 11.1. The molecule has 2 fully saturated rings. The van der Waals surface area contributed by atoms with Crippen LogP contribution in [0.2, 0.25) is 0 Å². The number of carbonyl (C=O) groups excluding carboxylic acids is 1. The smallest absolute Gasteiger partial charge is 0.321 e. The summed E-state index contributed by atoms with van der Waals surface area (Å²) < 4.78 is 1.55. The molecule has 0 spiro atoms. The summed E-state index contributed by atoms with van der Waals surface area (Å²) in [5, 5.41) is 4.50. The molecular weight excluding hydrogens is 290 g/mol. The second kappa shape index (κ2) is 5.41. The molecule has 2 amide bonds. The number of nitrogens with zero attached hydrogens (tertiary/aromatic N) is 2. The zero-order valence-corrected chi connectivity index (χ0v) is 13.3. The highest BCUT2D eigenvalue weighted by atomic mass is 16.2. The van der Waals surface area contributed by atoms with Crippen LogP contribution < -0.4 is 10.9 Å². The third-order valence-corrected chi connectivity index (χ3v) is 5.35. The van der Waals surface area contributed by atoms with Gasteiger partial charge in [0, 0.05) is 36.9 Å². The molecule has 1 aromatic heterocycles. The lowest BCUT2D eigenvalue weighted by atomic mass is 10.1. The van der Waals surface area contributed by atoms with E-state index in [-0.39, 0.29) is 11.6 Å². The highest BCUT2D eigenvalue weighted by molar-refractivity contribution is 5.93. The number of aromatic nitrogens is 1. The molecular formula is C18H21N3O2. The number of amides is 2. The maximum Gasteiger partial charge on any atom is 0.322 e. The van der Waals surface area contributed by atoms with Gasteiger partial charge in [-0.3, -0.25) is 4.79 Å². The number of carbonyl (C=O) groups is 1. The second-order valence-corrected chi connectivity index (χ2v) is 6.70. The van der Waals surface area contributed by atoms with Crippen LogP contribution in [0.25, 0.3) is 10.8 Å². The quantitative estimate of drug-likeness (QED) is 0.880. The third-order valence-electron chi connectivity index (χ3n) is 5.35. The fourth-order valence-corrected chi connectivity index (χ4v) is 4.10. The Bertz CT molecular complexity index is 827.